The Hall–Kier alpha value is -5.86. The van der Waals surface area contributed by atoms with Crippen molar-refractivity contribution in [2.45, 2.75) is 6.92 Å². The number of nitrogens with two attached hydrogens (primary N) is 2. The van der Waals surface area contributed by atoms with E-state index in [1.54, 1.807) is 6.92 Å². The lowest BCUT2D eigenvalue weighted by Gasteiger charge is -2.37. The number of hydrazone groups is 2. The Morgan fingerprint density at radius 2 is 1.84 bits per heavy atom. The molecule has 1 fully saturated rings. The van der Waals surface area contributed by atoms with Gasteiger partial charge in [0, 0.05) is 45.2 Å². The zero-order chi connectivity index (χ0) is 31.8. The number of hydrogen-bond donors (Lipinski definition) is 4. The first-order chi connectivity index (χ1) is 21.3. The van der Waals surface area contributed by atoms with Crippen molar-refractivity contribution in [1.82, 2.24) is 25.0 Å². The van der Waals surface area contributed by atoms with Gasteiger partial charge < -0.3 is 35.8 Å². The molecule has 0 bridgehead atoms. The molecule has 0 radical (unpaired) electrons. The van der Waals surface area contributed by atoms with Crippen molar-refractivity contribution >= 4 is 47.5 Å². The van der Waals surface area contributed by atoms with E-state index < -0.39 is 17.7 Å². The van der Waals surface area contributed by atoms with Crippen LogP contribution in [-0.2, 0) is 14.3 Å². The molecule has 0 spiro atoms. The number of ketones is 1. The third kappa shape index (κ3) is 6.16. The smallest absolute Gasteiger partial charge is 0.356 e. The van der Waals surface area contributed by atoms with Gasteiger partial charge in [0.15, 0.2) is 0 Å². The summed E-state index contributed by atoms with van der Waals surface area (Å²) in [6.45, 7) is 10.4. The number of aromatic amines is 2. The van der Waals surface area contributed by atoms with E-state index in [1.807, 2.05) is 35.2 Å². The Labute approximate surface area is 252 Å². The van der Waals surface area contributed by atoms with Crippen LogP contribution in [0.25, 0.3) is 11.5 Å². The number of H-pyrrole nitrogens is 2. The Morgan fingerprint density at radius 3 is 2.43 bits per heavy atom. The number of esters is 1. The van der Waals surface area contributed by atoms with Gasteiger partial charge >= 0.3 is 5.97 Å². The minimum Gasteiger partial charge on any atom is -0.496 e. The molecule has 0 unspecified atom stereocenters. The summed E-state index contributed by atoms with van der Waals surface area (Å²) in [5.41, 5.74) is 7.57. The number of aromatic nitrogens is 3. The average molecular weight is 603 g/mol. The molecule has 0 saturated carbocycles. The Balaban J connectivity index is 1.60. The maximum Gasteiger partial charge on any atom is 0.356 e. The molecule has 1 aromatic carbocycles. The number of piperazine rings is 1. The van der Waals surface area contributed by atoms with E-state index in [4.69, 9.17) is 21.1 Å². The van der Waals surface area contributed by atoms with E-state index in [-0.39, 0.29) is 58.7 Å². The molecule has 0 atom stereocenters. The van der Waals surface area contributed by atoms with Crippen molar-refractivity contribution in [1.29, 1.82) is 0 Å². The molecule has 4 rings (SSSR count). The molecular weight excluding hydrogens is 568 g/mol. The number of amides is 1. The normalized spacial score (nSPS) is 14.8. The average Bonchev–Trinajstić information content (AvgIpc) is 3.73. The molecule has 15 nitrogen and oxygen atoms in total. The number of carbonyl (C=O) groups excluding carboxylic acids is 3. The summed E-state index contributed by atoms with van der Waals surface area (Å²) in [7, 11) is 1.40. The lowest BCUT2D eigenvalue weighted by Crippen LogP contribution is -2.55. The molecule has 3 heterocycles. The zero-order valence-corrected chi connectivity index (χ0v) is 24.4. The van der Waals surface area contributed by atoms with Crippen molar-refractivity contribution < 1.29 is 23.9 Å². The summed E-state index contributed by atoms with van der Waals surface area (Å²) in [6.07, 6.45) is 2.77. The number of nitrogens with zero attached hydrogens (tertiary/aromatic N) is 6. The summed E-state index contributed by atoms with van der Waals surface area (Å²) in [5.74, 6) is 4.18. The fourth-order valence-electron chi connectivity index (χ4n) is 4.73. The molecule has 0 aliphatic carbocycles. The first kappa shape index (κ1) is 31.1. The van der Waals surface area contributed by atoms with Gasteiger partial charge in [-0.1, -0.05) is 24.8 Å². The van der Waals surface area contributed by atoms with Crippen LogP contribution < -0.4 is 27.2 Å². The van der Waals surface area contributed by atoms with Gasteiger partial charge in [0.2, 0.25) is 5.96 Å². The molecular formula is C29H34N10O5. The second-order valence-corrected chi connectivity index (χ2v) is 9.35. The molecule has 1 aliphatic heterocycles. The van der Waals surface area contributed by atoms with Gasteiger partial charge in [0.1, 0.15) is 17.1 Å². The third-order valence-electron chi connectivity index (χ3n) is 6.89. The van der Waals surface area contributed by atoms with Gasteiger partial charge in [-0.15, -0.1) is 5.10 Å². The molecule has 2 aromatic heterocycles. The first-order valence-electron chi connectivity index (χ1n) is 13.6. The summed E-state index contributed by atoms with van der Waals surface area (Å²) in [4.78, 5) is 45.4. The van der Waals surface area contributed by atoms with E-state index in [0.717, 1.165) is 0 Å². The second-order valence-electron chi connectivity index (χ2n) is 9.35. The number of para-hydroxylation sites is 1. The van der Waals surface area contributed by atoms with Gasteiger partial charge in [0.05, 0.1) is 41.2 Å². The quantitative estimate of drug-likeness (QED) is 0.0477. The number of methoxy groups -OCH3 is 1. The molecule has 44 heavy (non-hydrogen) atoms. The number of benzene rings is 1. The highest BCUT2D eigenvalue weighted by atomic mass is 16.5. The van der Waals surface area contributed by atoms with Crippen molar-refractivity contribution in [3.8, 4) is 0 Å². The van der Waals surface area contributed by atoms with Gasteiger partial charge in [-0.25, -0.2) is 4.79 Å². The second kappa shape index (κ2) is 13.9. The van der Waals surface area contributed by atoms with Crippen LogP contribution >= 0.6 is 0 Å². The fourth-order valence-corrected chi connectivity index (χ4v) is 4.73. The molecule has 1 saturated heterocycles. The predicted molar refractivity (Wildman–Crippen MR) is 164 cm³/mol. The Bertz CT molecular complexity index is 1700. The Morgan fingerprint density at radius 1 is 1.16 bits per heavy atom. The van der Waals surface area contributed by atoms with Crippen LogP contribution in [0.4, 0.5) is 5.69 Å². The number of anilines is 1. The molecule has 230 valence electrons. The molecule has 1 amide bonds. The summed E-state index contributed by atoms with van der Waals surface area (Å²) < 4.78 is 10.5. The van der Waals surface area contributed by atoms with Crippen molar-refractivity contribution in [2.75, 3.05) is 44.9 Å². The minimum absolute atomic E-state index is 0.0311. The number of hydrogen-bond acceptors (Lipinski definition) is 10. The monoisotopic (exact) mass is 602 g/mol. The van der Waals surface area contributed by atoms with Crippen LogP contribution in [0.3, 0.4) is 0 Å². The van der Waals surface area contributed by atoms with E-state index in [2.05, 4.69) is 38.7 Å². The highest BCUT2D eigenvalue weighted by Gasteiger charge is 2.31. The number of nitrogens with one attached hydrogen (secondary N) is 2. The molecule has 6 N–H and O–H groups in total. The fraction of sp³-hybridized carbons (Fsp3) is 0.241. The number of guanidine groups is 1. The van der Waals surface area contributed by atoms with Gasteiger partial charge in [-0.05, 0) is 25.1 Å². The van der Waals surface area contributed by atoms with Crippen molar-refractivity contribution in [2.24, 2.45) is 21.8 Å². The topological polar surface area (TPSA) is 201 Å². The predicted octanol–water partition coefficient (Wildman–Crippen LogP) is -0.351. The summed E-state index contributed by atoms with van der Waals surface area (Å²) >= 11 is 0. The van der Waals surface area contributed by atoms with Crippen molar-refractivity contribution in [3.63, 3.8) is 0 Å². The van der Waals surface area contributed by atoms with Gasteiger partial charge in [-0.3, -0.25) is 14.7 Å². The highest BCUT2D eigenvalue weighted by Crippen LogP contribution is 2.17. The Kier molecular flexibility index (Phi) is 9.80. The summed E-state index contributed by atoms with van der Waals surface area (Å²) in [6, 6.07) is 10.7. The minimum atomic E-state index is -0.777. The largest absolute Gasteiger partial charge is 0.496 e. The van der Waals surface area contributed by atoms with E-state index in [0.29, 0.717) is 24.7 Å². The maximum absolute atomic E-state index is 13.6. The van der Waals surface area contributed by atoms with Crippen LogP contribution in [0.1, 0.15) is 33.5 Å². The maximum atomic E-state index is 13.6. The van der Waals surface area contributed by atoms with Crippen LogP contribution in [0.15, 0.2) is 65.5 Å². The third-order valence-corrected chi connectivity index (χ3v) is 6.89. The van der Waals surface area contributed by atoms with E-state index in [1.165, 1.54) is 35.4 Å². The standard InChI is InChI=1S/C29H34N10O5/c1-5-22(43-4)23-19(17-33-25(23)24(30)20-16-21(36-35-20)28(42)44-6-2)26(40)27(41)37-12-14-38(15-13-37)29(34-31)39(32-3)18-10-8-7-9-11-18/h5,7-11,16-17,33H,1,3,6,12-15,30-31H2,2,4H3,(H,35,36)/b23-22+,25-24+,34-29-. The van der Waals surface area contributed by atoms with Crippen LogP contribution in [0, 0.1) is 0 Å². The summed E-state index contributed by atoms with van der Waals surface area (Å²) in [5, 5.41) is 16.6. The van der Waals surface area contributed by atoms with E-state index >= 15 is 0 Å². The number of Topliss-reactive ketones (excluding diaryl/α,β-unsaturated/α-hetero) is 1. The molecule has 15 heteroatoms. The molecule has 1 aliphatic rings. The lowest BCUT2D eigenvalue weighted by atomic mass is 10.1. The highest BCUT2D eigenvalue weighted by molar-refractivity contribution is 6.42. The van der Waals surface area contributed by atoms with E-state index in [9.17, 15) is 14.4 Å². The van der Waals surface area contributed by atoms with Gasteiger partial charge in [-0.2, -0.15) is 15.2 Å². The van der Waals surface area contributed by atoms with Crippen LogP contribution in [0.2, 0.25) is 0 Å². The first-order valence-corrected chi connectivity index (χ1v) is 13.6. The number of carbonyl (C=O) groups is 3. The number of ether oxygens (including phenoxy) is 2. The lowest BCUT2D eigenvalue weighted by molar-refractivity contribution is -0.127. The van der Waals surface area contributed by atoms with Gasteiger partial charge in [0.25, 0.3) is 11.7 Å². The van der Waals surface area contributed by atoms with Crippen LogP contribution in [-0.4, -0.2) is 95.2 Å². The SMILES string of the molecule is C=C/C(OC)=c1/c(C(=O)C(=O)N2CCN(/C(=N/N)N(N=C)c3ccccc3)CC2)c[nH]/c1=C(/N)c1cc(C(=O)OCC)[nH]n1. The zero-order valence-electron chi connectivity index (χ0n) is 24.4. The van der Waals surface area contributed by atoms with Crippen LogP contribution in [0.5, 0.6) is 0 Å². The van der Waals surface area contributed by atoms with Crippen molar-refractivity contribution in [3.05, 3.63) is 82.8 Å². The number of rotatable bonds is 9. The molecule has 3 aromatic rings.